The van der Waals surface area contributed by atoms with Crippen molar-refractivity contribution in [3.8, 4) is 5.75 Å². The molecule has 2 aromatic carbocycles. The standard InChI is InChI=1S/C26H35N3O2/c1-17(2)21-15-23(18(3)4)25(30)24(16-21)26(31)28-27-19(5)20-9-11-22(12-10-20)29-13-7-6-8-14-29/h9-12,15-18,30H,6-8,13-14H2,1-5H3,(H,28,31)/b27-19+. The third-order valence-electron chi connectivity index (χ3n) is 6.03. The first-order valence-electron chi connectivity index (χ1n) is 11.3. The van der Waals surface area contributed by atoms with Crippen molar-refractivity contribution >= 4 is 17.3 Å². The minimum absolute atomic E-state index is 0.0376. The minimum atomic E-state index is -0.397. The van der Waals surface area contributed by atoms with E-state index in [1.807, 2.05) is 39.0 Å². The first kappa shape index (κ1) is 22.9. The number of aromatic hydroxyl groups is 1. The average molecular weight is 422 g/mol. The Morgan fingerprint density at radius 3 is 2.23 bits per heavy atom. The molecule has 1 fully saturated rings. The SMILES string of the molecule is C/C(=N\NC(=O)c1cc(C(C)C)cc(C(C)C)c1O)c1ccc(N2CCCCC2)cc1. The molecule has 0 spiro atoms. The van der Waals surface area contributed by atoms with Gasteiger partial charge in [0.25, 0.3) is 5.91 Å². The zero-order valence-corrected chi connectivity index (χ0v) is 19.4. The molecule has 1 aliphatic heterocycles. The number of carbonyl (C=O) groups excluding carboxylic acids is 1. The number of phenols is 1. The highest BCUT2D eigenvalue weighted by molar-refractivity contribution is 6.02. The lowest BCUT2D eigenvalue weighted by Gasteiger charge is -2.28. The van der Waals surface area contributed by atoms with Gasteiger partial charge in [-0.25, -0.2) is 5.43 Å². The number of piperidine rings is 1. The van der Waals surface area contributed by atoms with E-state index < -0.39 is 5.91 Å². The fourth-order valence-corrected chi connectivity index (χ4v) is 3.95. The minimum Gasteiger partial charge on any atom is -0.507 e. The van der Waals surface area contributed by atoms with E-state index in [-0.39, 0.29) is 23.1 Å². The first-order chi connectivity index (χ1) is 14.8. The van der Waals surface area contributed by atoms with Gasteiger partial charge in [0.1, 0.15) is 5.75 Å². The second-order valence-corrected chi connectivity index (χ2v) is 9.05. The molecule has 2 aromatic rings. The molecule has 3 rings (SSSR count). The van der Waals surface area contributed by atoms with Crippen LogP contribution in [0.15, 0.2) is 41.5 Å². The second kappa shape index (κ2) is 9.99. The Kier molecular flexibility index (Phi) is 7.37. The number of hydrogen-bond acceptors (Lipinski definition) is 4. The maximum Gasteiger partial charge on any atom is 0.275 e. The van der Waals surface area contributed by atoms with Crippen LogP contribution in [0.25, 0.3) is 0 Å². The Bertz CT molecular complexity index is 940. The molecule has 1 amide bonds. The Balaban J connectivity index is 1.76. The smallest absolute Gasteiger partial charge is 0.275 e. The number of benzene rings is 2. The van der Waals surface area contributed by atoms with Gasteiger partial charge in [-0.1, -0.05) is 45.9 Å². The van der Waals surface area contributed by atoms with Crippen LogP contribution >= 0.6 is 0 Å². The van der Waals surface area contributed by atoms with Crippen LogP contribution in [0.2, 0.25) is 0 Å². The van der Waals surface area contributed by atoms with Crippen molar-refractivity contribution in [2.24, 2.45) is 5.10 Å². The van der Waals surface area contributed by atoms with Crippen molar-refractivity contribution in [2.45, 2.75) is 65.7 Å². The van der Waals surface area contributed by atoms with Gasteiger partial charge in [-0.15, -0.1) is 0 Å². The highest BCUT2D eigenvalue weighted by Gasteiger charge is 2.19. The summed E-state index contributed by atoms with van der Waals surface area (Å²) in [7, 11) is 0. The molecule has 166 valence electrons. The van der Waals surface area contributed by atoms with Crippen LogP contribution in [0.1, 0.15) is 92.8 Å². The number of rotatable bonds is 6. The lowest BCUT2D eigenvalue weighted by molar-refractivity contribution is 0.0952. The molecular weight excluding hydrogens is 386 g/mol. The van der Waals surface area contributed by atoms with Crippen molar-refractivity contribution in [1.82, 2.24) is 5.43 Å². The van der Waals surface area contributed by atoms with Crippen LogP contribution in [0, 0.1) is 0 Å². The molecule has 1 aliphatic rings. The molecule has 0 bridgehead atoms. The van der Waals surface area contributed by atoms with Gasteiger partial charge in [0.05, 0.1) is 11.3 Å². The topological polar surface area (TPSA) is 64.9 Å². The van der Waals surface area contributed by atoms with Crippen LogP contribution in [-0.2, 0) is 0 Å². The highest BCUT2D eigenvalue weighted by Crippen LogP contribution is 2.33. The predicted octanol–water partition coefficient (Wildman–Crippen LogP) is 5.78. The maximum absolute atomic E-state index is 12.8. The maximum atomic E-state index is 12.8. The molecule has 1 heterocycles. The molecule has 0 atom stereocenters. The zero-order chi connectivity index (χ0) is 22.5. The van der Waals surface area contributed by atoms with Gasteiger partial charge in [-0.3, -0.25) is 4.79 Å². The summed E-state index contributed by atoms with van der Waals surface area (Å²) in [5.74, 6) is 0.0176. The molecule has 1 saturated heterocycles. The van der Waals surface area contributed by atoms with Crippen molar-refractivity contribution in [3.63, 3.8) is 0 Å². The lowest BCUT2D eigenvalue weighted by Crippen LogP contribution is -2.29. The summed E-state index contributed by atoms with van der Waals surface area (Å²) in [6, 6.07) is 12.1. The van der Waals surface area contributed by atoms with E-state index in [1.165, 1.54) is 24.9 Å². The Morgan fingerprint density at radius 1 is 1.00 bits per heavy atom. The normalized spacial score (nSPS) is 14.9. The van der Waals surface area contributed by atoms with Gasteiger partial charge in [0.15, 0.2) is 0 Å². The van der Waals surface area contributed by atoms with Gasteiger partial charge in [0.2, 0.25) is 0 Å². The van der Waals surface area contributed by atoms with Gasteiger partial charge in [-0.2, -0.15) is 5.10 Å². The number of nitrogens with one attached hydrogen (secondary N) is 1. The Labute approximate surface area is 186 Å². The van der Waals surface area contributed by atoms with E-state index in [0.717, 1.165) is 35.5 Å². The van der Waals surface area contributed by atoms with Crippen LogP contribution in [0.5, 0.6) is 5.75 Å². The summed E-state index contributed by atoms with van der Waals surface area (Å²) in [6.07, 6.45) is 3.81. The lowest BCUT2D eigenvalue weighted by atomic mass is 9.92. The number of hydrogen-bond donors (Lipinski definition) is 2. The van der Waals surface area contributed by atoms with E-state index in [9.17, 15) is 9.90 Å². The first-order valence-corrected chi connectivity index (χ1v) is 11.3. The van der Waals surface area contributed by atoms with Crippen molar-refractivity contribution in [1.29, 1.82) is 0 Å². The van der Waals surface area contributed by atoms with E-state index >= 15 is 0 Å². The number of phenolic OH excluding ortho intramolecular Hbond substituents is 1. The number of nitrogens with zero attached hydrogens (tertiary/aromatic N) is 2. The summed E-state index contributed by atoms with van der Waals surface area (Å²) in [6.45, 7) is 12.3. The second-order valence-electron chi connectivity index (χ2n) is 9.05. The largest absolute Gasteiger partial charge is 0.507 e. The number of anilines is 1. The molecule has 5 heteroatoms. The molecule has 31 heavy (non-hydrogen) atoms. The molecule has 2 N–H and O–H groups in total. The fourth-order valence-electron chi connectivity index (χ4n) is 3.95. The van der Waals surface area contributed by atoms with Gasteiger partial charge < -0.3 is 10.0 Å². The third kappa shape index (κ3) is 5.46. The van der Waals surface area contributed by atoms with Crippen molar-refractivity contribution < 1.29 is 9.90 Å². The summed E-state index contributed by atoms with van der Waals surface area (Å²) >= 11 is 0. The zero-order valence-electron chi connectivity index (χ0n) is 19.4. The summed E-state index contributed by atoms with van der Waals surface area (Å²) in [5, 5.41) is 15.0. The molecular formula is C26H35N3O2. The number of amides is 1. The van der Waals surface area contributed by atoms with Crippen LogP contribution < -0.4 is 10.3 Å². The summed E-state index contributed by atoms with van der Waals surface area (Å²) in [4.78, 5) is 15.2. The quantitative estimate of drug-likeness (QED) is 0.459. The van der Waals surface area contributed by atoms with Crippen molar-refractivity contribution in [2.75, 3.05) is 18.0 Å². The monoisotopic (exact) mass is 421 g/mol. The van der Waals surface area contributed by atoms with E-state index in [1.54, 1.807) is 6.07 Å². The number of hydrazone groups is 1. The summed E-state index contributed by atoms with van der Waals surface area (Å²) in [5.41, 5.74) is 7.63. The van der Waals surface area contributed by atoms with E-state index in [0.29, 0.717) is 0 Å². The Morgan fingerprint density at radius 2 is 1.65 bits per heavy atom. The average Bonchev–Trinajstić information content (AvgIpc) is 2.77. The van der Waals surface area contributed by atoms with Crippen LogP contribution in [0.4, 0.5) is 5.69 Å². The Hall–Kier alpha value is -2.82. The van der Waals surface area contributed by atoms with Gasteiger partial charge >= 0.3 is 0 Å². The van der Waals surface area contributed by atoms with Crippen LogP contribution in [0.3, 0.4) is 0 Å². The fraction of sp³-hybridized carbons (Fsp3) is 0.462. The van der Waals surface area contributed by atoms with Crippen molar-refractivity contribution in [3.05, 3.63) is 58.7 Å². The highest BCUT2D eigenvalue weighted by atomic mass is 16.3. The molecule has 0 aromatic heterocycles. The van der Waals surface area contributed by atoms with Gasteiger partial charge in [-0.05, 0) is 72.9 Å². The molecule has 0 unspecified atom stereocenters. The van der Waals surface area contributed by atoms with E-state index in [4.69, 9.17) is 0 Å². The molecule has 0 saturated carbocycles. The van der Waals surface area contributed by atoms with E-state index in [2.05, 4.69) is 41.4 Å². The van der Waals surface area contributed by atoms with Crippen LogP contribution in [-0.4, -0.2) is 29.8 Å². The molecule has 0 radical (unpaired) electrons. The molecule has 0 aliphatic carbocycles. The number of carbonyl (C=O) groups is 1. The third-order valence-corrected chi connectivity index (χ3v) is 6.03. The predicted molar refractivity (Wildman–Crippen MR) is 128 cm³/mol. The van der Waals surface area contributed by atoms with Gasteiger partial charge in [0, 0.05) is 18.8 Å². The summed E-state index contributed by atoms with van der Waals surface area (Å²) < 4.78 is 0. The molecule has 5 nitrogen and oxygen atoms in total.